The Labute approximate surface area is 117 Å². The Morgan fingerprint density at radius 3 is 2.40 bits per heavy atom. The van der Waals surface area contributed by atoms with Crippen LogP contribution < -0.4 is 14.2 Å². The molecular formula is C16H16O4. The lowest BCUT2D eigenvalue weighted by molar-refractivity contribution is 0.174. The van der Waals surface area contributed by atoms with E-state index in [9.17, 15) is 5.11 Å². The number of methoxy groups -OCH3 is 1. The molecule has 1 aliphatic heterocycles. The summed E-state index contributed by atoms with van der Waals surface area (Å²) < 4.78 is 16.2. The minimum atomic E-state index is 0.125. The van der Waals surface area contributed by atoms with Crippen molar-refractivity contribution < 1.29 is 19.3 Å². The van der Waals surface area contributed by atoms with E-state index in [2.05, 4.69) is 6.92 Å². The minimum Gasteiger partial charge on any atom is -0.508 e. The molecule has 3 rings (SSSR count). The first-order valence-corrected chi connectivity index (χ1v) is 6.45. The average Bonchev–Trinajstić information content (AvgIpc) is 2.93. The lowest BCUT2D eigenvalue weighted by Gasteiger charge is -2.17. The Balaban J connectivity index is 2.02. The molecule has 1 aliphatic rings. The number of hydrogen-bond acceptors (Lipinski definition) is 4. The highest BCUT2D eigenvalue weighted by molar-refractivity contribution is 5.54. The lowest BCUT2D eigenvalue weighted by atomic mass is 9.92. The second-order valence-corrected chi connectivity index (χ2v) is 4.76. The third-order valence-corrected chi connectivity index (χ3v) is 3.58. The molecule has 1 heterocycles. The van der Waals surface area contributed by atoms with Gasteiger partial charge in [-0.1, -0.05) is 19.1 Å². The van der Waals surface area contributed by atoms with Gasteiger partial charge in [0.2, 0.25) is 6.79 Å². The van der Waals surface area contributed by atoms with Crippen molar-refractivity contribution in [2.24, 2.45) is 0 Å². The van der Waals surface area contributed by atoms with Crippen molar-refractivity contribution in [3.63, 3.8) is 0 Å². The van der Waals surface area contributed by atoms with Crippen LogP contribution in [0.25, 0.3) is 0 Å². The molecule has 4 heteroatoms. The van der Waals surface area contributed by atoms with Crippen LogP contribution in [0, 0.1) is 0 Å². The second kappa shape index (κ2) is 4.96. The van der Waals surface area contributed by atoms with Gasteiger partial charge in [0, 0.05) is 17.5 Å². The van der Waals surface area contributed by atoms with Gasteiger partial charge in [0.25, 0.3) is 0 Å². The van der Waals surface area contributed by atoms with E-state index in [0.29, 0.717) is 5.75 Å². The fraction of sp³-hybridized carbons (Fsp3) is 0.250. The van der Waals surface area contributed by atoms with E-state index in [4.69, 9.17) is 14.2 Å². The summed E-state index contributed by atoms with van der Waals surface area (Å²) in [6.45, 7) is 2.34. The van der Waals surface area contributed by atoms with Gasteiger partial charge in [0.05, 0.1) is 7.11 Å². The van der Waals surface area contributed by atoms with Crippen LogP contribution in [0.1, 0.15) is 24.0 Å². The summed E-state index contributed by atoms with van der Waals surface area (Å²) in [7, 11) is 1.64. The molecule has 0 amide bonds. The van der Waals surface area contributed by atoms with E-state index in [1.54, 1.807) is 19.2 Å². The molecule has 0 aliphatic carbocycles. The van der Waals surface area contributed by atoms with Crippen LogP contribution in [0.5, 0.6) is 23.0 Å². The van der Waals surface area contributed by atoms with Gasteiger partial charge in [-0.3, -0.25) is 0 Å². The van der Waals surface area contributed by atoms with Gasteiger partial charge in [-0.15, -0.1) is 0 Å². The summed E-state index contributed by atoms with van der Waals surface area (Å²) in [6, 6.07) is 11.0. The van der Waals surface area contributed by atoms with Crippen molar-refractivity contribution >= 4 is 0 Å². The SMILES string of the molecule is COc1cc2c(cc1[C@H](C)c1ccc(O)cc1)OCO2. The zero-order valence-corrected chi connectivity index (χ0v) is 11.4. The van der Waals surface area contributed by atoms with Crippen molar-refractivity contribution in [1.82, 2.24) is 0 Å². The maximum atomic E-state index is 9.38. The van der Waals surface area contributed by atoms with Crippen molar-refractivity contribution in [3.05, 3.63) is 47.5 Å². The predicted octanol–water partition coefficient (Wildman–Crippen LogP) is 3.28. The lowest BCUT2D eigenvalue weighted by Crippen LogP contribution is -1.99. The molecule has 0 spiro atoms. The molecule has 0 radical (unpaired) electrons. The molecule has 0 saturated heterocycles. The minimum absolute atomic E-state index is 0.125. The molecule has 104 valence electrons. The maximum Gasteiger partial charge on any atom is 0.231 e. The number of fused-ring (bicyclic) bond motifs is 1. The molecule has 1 atom stereocenters. The predicted molar refractivity (Wildman–Crippen MR) is 74.7 cm³/mol. The quantitative estimate of drug-likeness (QED) is 0.931. The molecule has 20 heavy (non-hydrogen) atoms. The zero-order chi connectivity index (χ0) is 14.1. The number of hydrogen-bond donors (Lipinski definition) is 1. The zero-order valence-electron chi connectivity index (χ0n) is 11.4. The molecule has 1 N–H and O–H groups in total. The summed E-state index contributed by atoms with van der Waals surface area (Å²) in [5.74, 6) is 2.61. The first-order chi connectivity index (χ1) is 9.69. The number of aromatic hydroxyl groups is 1. The van der Waals surface area contributed by atoms with E-state index < -0.39 is 0 Å². The standard InChI is InChI=1S/C16H16O4/c1-10(11-3-5-12(17)6-4-11)13-7-15-16(20-9-19-15)8-14(13)18-2/h3-8,10,17H,9H2,1-2H3/t10-/m1/s1. The van der Waals surface area contributed by atoms with Crippen molar-refractivity contribution in [3.8, 4) is 23.0 Å². The molecular weight excluding hydrogens is 256 g/mol. The van der Waals surface area contributed by atoms with E-state index in [1.807, 2.05) is 24.3 Å². The number of benzene rings is 2. The summed E-state index contributed by atoms with van der Waals surface area (Å²) in [5, 5.41) is 9.38. The van der Waals surface area contributed by atoms with Gasteiger partial charge in [0.1, 0.15) is 11.5 Å². The van der Waals surface area contributed by atoms with Gasteiger partial charge >= 0.3 is 0 Å². The smallest absolute Gasteiger partial charge is 0.231 e. The monoisotopic (exact) mass is 272 g/mol. The Morgan fingerprint density at radius 2 is 1.75 bits per heavy atom. The number of rotatable bonds is 3. The molecule has 0 fully saturated rings. The first-order valence-electron chi connectivity index (χ1n) is 6.45. The highest BCUT2D eigenvalue weighted by Crippen LogP contribution is 2.42. The van der Waals surface area contributed by atoms with Gasteiger partial charge in [-0.2, -0.15) is 0 Å². The summed E-state index contributed by atoms with van der Waals surface area (Å²) >= 11 is 0. The third-order valence-electron chi connectivity index (χ3n) is 3.58. The first kappa shape index (κ1) is 12.7. The fourth-order valence-corrected chi connectivity index (χ4v) is 2.40. The van der Waals surface area contributed by atoms with E-state index in [0.717, 1.165) is 22.6 Å². The van der Waals surface area contributed by atoms with Gasteiger partial charge < -0.3 is 19.3 Å². The number of ether oxygens (including phenoxy) is 3. The normalized spacial score (nSPS) is 14.1. The third kappa shape index (κ3) is 2.13. The molecule has 0 aromatic heterocycles. The van der Waals surface area contributed by atoms with Crippen LogP contribution in [-0.4, -0.2) is 19.0 Å². The Hall–Kier alpha value is -2.36. The van der Waals surface area contributed by atoms with Gasteiger partial charge in [0.15, 0.2) is 11.5 Å². The van der Waals surface area contributed by atoms with Crippen LogP contribution in [0.3, 0.4) is 0 Å². The summed E-state index contributed by atoms with van der Waals surface area (Å²) in [4.78, 5) is 0. The van der Waals surface area contributed by atoms with E-state index >= 15 is 0 Å². The highest BCUT2D eigenvalue weighted by Gasteiger charge is 2.21. The number of phenolic OH excluding ortho intramolecular Hbond substituents is 1. The largest absolute Gasteiger partial charge is 0.508 e. The second-order valence-electron chi connectivity index (χ2n) is 4.76. The van der Waals surface area contributed by atoms with Crippen LogP contribution in [-0.2, 0) is 0 Å². The Morgan fingerprint density at radius 1 is 1.10 bits per heavy atom. The summed E-state index contributed by atoms with van der Waals surface area (Å²) in [5.41, 5.74) is 2.13. The molecule has 0 unspecified atom stereocenters. The average molecular weight is 272 g/mol. The molecule has 2 aromatic rings. The van der Waals surface area contributed by atoms with Crippen LogP contribution in [0.2, 0.25) is 0 Å². The molecule has 4 nitrogen and oxygen atoms in total. The van der Waals surface area contributed by atoms with Crippen LogP contribution in [0.15, 0.2) is 36.4 Å². The van der Waals surface area contributed by atoms with Crippen LogP contribution >= 0.6 is 0 Å². The Kier molecular flexibility index (Phi) is 3.14. The topological polar surface area (TPSA) is 47.9 Å². The van der Waals surface area contributed by atoms with E-state index in [1.165, 1.54) is 0 Å². The van der Waals surface area contributed by atoms with Crippen molar-refractivity contribution in [1.29, 1.82) is 0 Å². The molecule has 0 bridgehead atoms. The van der Waals surface area contributed by atoms with E-state index in [-0.39, 0.29) is 18.5 Å². The molecule has 0 saturated carbocycles. The fourth-order valence-electron chi connectivity index (χ4n) is 2.40. The maximum absolute atomic E-state index is 9.38. The highest BCUT2D eigenvalue weighted by atomic mass is 16.7. The van der Waals surface area contributed by atoms with Crippen molar-refractivity contribution in [2.45, 2.75) is 12.8 Å². The number of phenols is 1. The van der Waals surface area contributed by atoms with Crippen molar-refractivity contribution in [2.75, 3.05) is 13.9 Å². The molecule has 2 aromatic carbocycles. The van der Waals surface area contributed by atoms with Crippen LogP contribution in [0.4, 0.5) is 0 Å². The summed E-state index contributed by atoms with van der Waals surface area (Å²) in [6.07, 6.45) is 0. The van der Waals surface area contributed by atoms with Gasteiger partial charge in [-0.05, 0) is 23.8 Å². The Bertz CT molecular complexity index is 619. The van der Waals surface area contributed by atoms with Gasteiger partial charge in [-0.25, -0.2) is 0 Å².